The molecule has 0 aromatic carbocycles. The number of nitrogens with zero attached hydrogens (tertiary/aromatic N) is 3. The summed E-state index contributed by atoms with van der Waals surface area (Å²) in [4.78, 5) is 6.38. The van der Waals surface area contributed by atoms with E-state index in [1.54, 1.807) is 0 Å². The van der Waals surface area contributed by atoms with Crippen LogP contribution in [-0.4, -0.2) is 40.3 Å². The number of rotatable bonds is 5. The van der Waals surface area contributed by atoms with Crippen molar-refractivity contribution in [3.8, 4) is 0 Å². The first kappa shape index (κ1) is 11.5. The second-order valence-corrected chi connectivity index (χ2v) is 4.49. The first-order valence-corrected chi connectivity index (χ1v) is 5.91. The molecule has 0 amide bonds. The third-order valence-corrected chi connectivity index (χ3v) is 3.09. The maximum absolute atomic E-state index is 8.78. The third-order valence-electron chi connectivity index (χ3n) is 3.09. The number of likely N-dealkylation sites (N-methyl/N-ethyl adjacent to an activating group) is 1. The molecule has 0 bridgehead atoms. The highest BCUT2D eigenvalue weighted by Gasteiger charge is 2.22. The molecule has 1 aromatic heterocycles. The maximum Gasteiger partial charge on any atom is 0.240 e. The summed E-state index contributed by atoms with van der Waals surface area (Å²) in [5, 5.41) is 12.8. The molecule has 0 saturated heterocycles. The molecule has 0 unspecified atom stereocenters. The van der Waals surface area contributed by atoms with E-state index in [1.165, 1.54) is 25.7 Å². The van der Waals surface area contributed by atoms with Crippen LogP contribution in [-0.2, 0) is 6.54 Å². The third kappa shape index (κ3) is 2.80. The van der Waals surface area contributed by atoms with Crippen LogP contribution in [0.3, 0.4) is 0 Å². The van der Waals surface area contributed by atoms with Gasteiger partial charge < -0.3 is 9.63 Å². The molecule has 0 aliphatic heterocycles. The van der Waals surface area contributed by atoms with Crippen LogP contribution in [0.2, 0.25) is 0 Å². The highest BCUT2D eigenvalue weighted by atomic mass is 16.5. The molecule has 1 saturated carbocycles. The fourth-order valence-electron chi connectivity index (χ4n) is 2.16. The molecule has 1 fully saturated rings. The molecule has 1 heterocycles. The first-order valence-electron chi connectivity index (χ1n) is 5.91. The molecule has 1 aliphatic carbocycles. The van der Waals surface area contributed by atoms with E-state index in [0.29, 0.717) is 24.9 Å². The van der Waals surface area contributed by atoms with Crippen molar-refractivity contribution in [2.45, 2.75) is 38.1 Å². The van der Waals surface area contributed by atoms with Crippen molar-refractivity contribution in [1.29, 1.82) is 0 Å². The van der Waals surface area contributed by atoms with Crippen molar-refractivity contribution in [1.82, 2.24) is 15.0 Å². The summed E-state index contributed by atoms with van der Waals surface area (Å²) in [5.74, 6) is 2.02. The Hall–Kier alpha value is -0.940. The van der Waals surface area contributed by atoms with Gasteiger partial charge in [0, 0.05) is 12.5 Å². The lowest BCUT2D eigenvalue weighted by Gasteiger charge is -2.10. The molecule has 90 valence electrons. The molecule has 5 heteroatoms. The van der Waals surface area contributed by atoms with Crippen molar-refractivity contribution in [2.24, 2.45) is 0 Å². The van der Waals surface area contributed by atoms with Crippen LogP contribution in [0.4, 0.5) is 0 Å². The Labute approximate surface area is 95.4 Å². The second kappa shape index (κ2) is 5.41. The largest absolute Gasteiger partial charge is 0.395 e. The van der Waals surface area contributed by atoms with Crippen molar-refractivity contribution < 1.29 is 9.63 Å². The Morgan fingerprint density at radius 2 is 2.19 bits per heavy atom. The second-order valence-electron chi connectivity index (χ2n) is 4.49. The summed E-state index contributed by atoms with van der Waals surface area (Å²) >= 11 is 0. The lowest BCUT2D eigenvalue weighted by Crippen LogP contribution is -2.21. The Morgan fingerprint density at radius 1 is 1.44 bits per heavy atom. The van der Waals surface area contributed by atoms with Gasteiger partial charge in [-0.25, -0.2) is 0 Å². The van der Waals surface area contributed by atoms with E-state index in [4.69, 9.17) is 9.63 Å². The molecule has 1 N–H and O–H groups in total. The van der Waals surface area contributed by atoms with E-state index < -0.39 is 0 Å². The summed E-state index contributed by atoms with van der Waals surface area (Å²) in [5.41, 5.74) is 0. The fourth-order valence-corrected chi connectivity index (χ4v) is 2.16. The molecule has 5 nitrogen and oxygen atoms in total. The van der Waals surface area contributed by atoms with E-state index in [2.05, 4.69) is 10.1 Å². The minimum absolute atomic E-state index is 0.153. The zero-order valence-electron chi connectivity index (χ0n) is 9.72. The minimum atomic E-state index is 0.153. The first-order chi connectivity index (χ1) is 7.79. The number of hydrogen-bond donors (Lipinski definition) is 1. The molecule has 0 spiro atoms. The lowest BCUT2D eigenvalue weighted by molar-refractivity contribution is 0.200. The molecule has 0 atom stereocenters. The maximum atomic E-state index is 8.78. The van der Waals surface area contributed by atoms with E-state index in [1.807, 2.05) is 11.9 Å². The molecule has 1 aromatic rings. The molecule has 0 radical (unpaired) electrons. The van der Waals surface area contributed by atoms with Crippen LogP contribution in [0.25, 0.3) is 0 Å². The van der Waals surface area contributed by atoms with Crippen molar-refractivity contribution in [3.05, 3.63) is 11.7 Å². The molecule has 2 rings (SSSR count). The molecule has 1 aliphatic rings. The highest BCUT2D eigenvalue weighted by Crippen LogP contribution is 2.32. The zero-order valence-corrected chi connectivity index (χ0v) is 9.72. The van der Waals surface area contributed by atoms with Crippen LogP contribution in [0.5, 0.6) is 0 Å². The average Bonchev–Trinajstić information content (AvgIpc) is 2.86. The van der Waals surface area contributed by atoms with E-state index >= 15 is 0 Å². The standard InChI is InChI=1S/C11H19N3O2/c1-14(6-7-15)8-10-12-11(13-16-10)9-4-2-3-5-9/h9,15H,2-8H2,1H3. The number of hydrogen-bond acceptors (Lipinski definition) is 5. The molecule has 16 heavy (non-hydrogen) atoms. The number of aliphatic hydroxyl groups excluding tert-OH is 1. The normalized spacial score (nSPS) is 17.4. The summed E-state index contributed by atoms with van der Waals surface area (Å²) < 4.78 is 5.21. The van der Waals surface area contributed by atoms with Gasteiger partial charge >= 0.3 is 0 Å². The van der Waals surface area contributed by atoms with Crippen molar-refractivity contribution in [3.63, 3.8) is 0 Å². The Kier molecular flexibility index (Phi) is 3.90. The summed E-state index contributed by atoms with van der Waals surface area (Å²) in [6.45, 7) is 1.39. The summed E-state index contributed by atoms with van der Waals surface area (Å²) in [6.07, 6.45) is 4.93. The average molecular weight is 225 g/mol. The number of aromatic nitrogens is 2. The van der Waals surface area contributed by atoms with Gasteiger partial charge in [0.1, 0.15) is 0 Å². The quantitative estimate of drug-likeness (QED) is 0.814. The van der Waals surface area contributed by atoms with Crippen LogP contribution >= 0.6 is 0 Å². The van der Waals surface area contributed by atoms with E-state index in [-0.39, 0.29) is 6.61 Å². The van der Waals surface area contributed by atoms with E-state index in [0.717, 1.165) is 5.82 Å². The smallest absolute Gasteiger partial charge is 0.240 e. The van der Waals surface area contributed by atoms with Crippen molar-refractivity contribution >= 4 is 0 Å². The number of aliphatic hydroxyl groups is 1. The molecular weight excluding hydrogens is 206 g/mol. The Bertz CT molecular complexity index is 321. The predicted octanol–water partition coefficient (Wildman–Crippen LogP) is 1.15. The van der Waals surface area contributed by atoms with Gasteiger partial charge in [-0.15, -0.1) is 0 Å². The summed E-state index contributed by atoms with van der Waals surface area (Å²) in [6, 6.07) is 0. The van der Waals surface area contributed by atoms with Crippen molar-refractivity contribution in [2.75, 3.05) is 20.2 Å². The van der Waals surface area contributed by atoms with Gasteiger partial charge in [-0.05, 0) is 19.9 Å². The van der Waals surface area contributed by atoms with Crippen LogP contribution in [0.1, 0.15) is 43.3 Å². The Balaban J connectivity index is 1.91. The fraction of sp³-hybridized carbons (Fsp3) is 0.818. The van der Waals surface area contributed by atoms with Crippen LogP contribution in [0.15, 0.2) is 4.52 Å². The van der Waals surface area contributed by atoms with Gasteiger partial charge in [-0.1, -0.05) is 18.0 Å². The molecular formula is C11H19N3O2. The minimum Gasteiger partial charge on any atom is -0.395 e. The zero-order chi connectivity index (χ0) is 11.4. The van der Waals surface area contributed by atoms with Gasteiger partial charge in [0.05, 0.1) is 13.2 Å². The van der Waals surface area contributed by atoms with Gasteiger partial charge in [-0.2, -0.15) is 4.98 Å². The van der Waals surface area contributed by atoms with Gasteiger partial charge in [-0.3, -0.25) is 4.90 Å². The summed E-state index contributed by atoms with van der Waals surface area (Å²) in [7, 11) is 1.93. The van der Waals surface area contributed by atoms with Crippen LogP contribution in [0, 0.1) is 0 Å². The van der Waals surface area contributed by atoms with Gasteiger partial charge in [0.2, 0.25) is 5.89 Å². The predicted molar refractivity (Wildman–Crippen MR) is 58.9 cm³/mol. The van der Waals surface area contributed by atoms with E-state index in [9.17, 15) is 0 Å². The monoisotopic (exact) mass is 225 g/mol. The van der Waals surface area contributed by atoms with Crippen LogP contribution < -0.4 is 0 Å². The lowest BCUT2D eigenvalue weighted by atomic mass is 10.1. The van der Waals surface area contributed by atoms with Gasteiger partial charge in [0.15, 0.2) is 5.82 Å². The highest BCUT2D eigenvalue weighted by molar-refractivity contribution is 4.97. The Morgan fingerprint density at radius 3 is 2.88 bits per heavy atom. The topological polar surface area (TPSA) is 62.4 Å². The van der Waals surface area contributed by atoms with Gasteiger partial charge in [0.25, 0.3) is 0 Å². The SMILES string of the molecule is CN(CCO)Cc1nc(C2CCCC2)no1.